The molecule has 0 N–H and O–H groups in total. The SMILES string of the molecule is CCN(CC)C(=O)C(C(=O)N(CC)CC)C(C)c1ccc(F)cc1. The van der Waals surface area contributed by atoms with E-state index in [4.69, 9.17) is 0 Å². The molecule has 0 fully saturated rings. The Morgan fingerprint density at radius 1 is 0.875 bits per heavy atom. The van der Waals surface area contributed by atoms with Crippen LogP contribution < -0.4 is 0 Å². The van der Waals surface area contributed by atoms with Crippen molar-refractivity contribution in [1.82, 2.24) is 9.80 Å². The van der Waals surface area contributed by atoms with Gasteiger partial charge in [-0.25, -0.2) is 4.39 Å². The summed E-state index contributed by atoms with van der Waals surface area (Å²) in [6, 6.07) is 6.04. The molecule has 0 aromatic heterocycles. The molecule has 2 amide bonds. The Morgan fingerprint density at radius 3 is 1.58 bits per heavy atom. The van der Waals surface area contributed by atoms with E-state index in [0.717, 1.165) is 5.56 Å². The van der Waals surface area contributed by atoms with Gasteiger partial charge in [0.1, 0.15) is 11.7 Å². The summed E-state index contributed by atoms with van der Waals surface area (Å²) in [7, 11) is 0. The number of halogens is 1. The van der Waals surface area contributed by atoms with Crippen LogP contribution in [-0.4, -0.2) is 47.8 Å². The molecule has 1 unspecified atom stereocenters. The fraction of sp³-hybridized carbons (Fsp3) is 0.579. The number of carbonyl (C=O) groups is 2. The van der Waals surface area contributed by atoms with Crippen molar-refractivity contribution in [2.45, 2.75) is 40.5 Å². The molecule has 0 aliphatic rings. The van der Waals surface area contributed by atoms with Crippen LogP contribution in [0.5, 0.6) is 0 Å². The molecule has 0 radical (unpaired) electrons. The molecular formula is C19H29FN2O2. The van der Waals surface area contributed by atoms with E-state index in [2.05, 4.69) is 0 Å². The van der Waals surface area contributed by atoms with Crippen molar-refractivity contribution < 1.29 is 14.0 Å². The highest BCUT2D eigenvalue weighted by Gasteiger charge is 2.37. The lowest BCUT2D eigenvalue weighted by Crippen LogP contribution is -2.47. The van der Waals surface area contributed by atoms with Gasteiger partial charge in [-0.15, -0.1) is 0 Å². The van der Waals surface area contributed by atoms with E-state index in [1.165, 1.54) is 12.1 Å². The number of benzene rings is 1. The predicted molar refractivity (Wildman–Crippen MR) is 94.2 cm³/mol. The van der Waals surface area contributed by atoms with Gasteiger partial charge in [0.05, 0.1) is 0 Å². The second kappa shape index (κ2) is 9.40. The van der Waals surface area contributed by atoms with E-state index < -0.39 is 5.92 Å². The normalized spacial score (nSPS) is 12.1. The smallest absolute Gasteiger partial charge is 0.235 e. The van der Waals surface area contributed by atoms with Crippen LogP contribution in [-0.2, 0) is 9.59 Å². The second-order valence-corrected chi connectivity index (χ2v) is 5.84. The first-order valence-corrected chi connectivity index (χ1v) is 8.74. The van der Waals surface area contributed by atoms with Gasteiger partial charge >= 0.3 is 0 Å². The van der Waals surface area contributed by atoms with Gasteiger partial charge in [0.2, 0.25) is 11.8 Å². The molecule has 0 aliphatic heterocycles. The van der Waals surface area contributed by atoms with E-state index in [1.807, 2.05) is 34.6 Å². The summed E-state index contributed by atoms with van der Waals surface area (Å²) in [5, 5.41) is 0. The molecule has 0 aliphatic carbocycles. The average molecular weight is 336 g/mol. The molecule has 134 valence electrons. The van der Waals surface area contributed by atoms with Crippen molar-refractivity contribution in [3.05, 3.63) is 35.6 Å². The van der Waals surface area contributed by atoms with Gasteiger partial charge < -0.3 is 9.80 Å². The van der Waals surface area contributed by atoms with Gasteiger partial charge in [-0.2, -0.15) is 0 Å². The first kappa shape index (κ1) is 20.1. The van der Waals surface area contributed by atoms with Crippen LogP contribution in [0.4, 0.5) is 4.39 Å². The second-order valence-electron chi connectivity index (χ2n) is 5.84. The highest BCUT2D eigenvalue weighted by Crippen LogP contribution is 2.28. The Balaban J connectivity index is 3.23. The topological polar surface area (TPSA) is 40.6 Å². The Bertz CT molecular complexity index is 513. The summed E-state index contributed by atoms with van der Waals surface area (Å²) in [6.45, 7) is 11.7. The Kier molecular flexibility index (Phi) is 7.89. The van der Waals surface area contributed by atoms with E-state index in [9.17, 15) is 14.0 Å². The standard InChI is InChI=1S/C19H29FN2O2/c1-6-21(7-2)18(23)17(19(24)22(8-3)9-4)14(5)15-10-12-16(20)13-11-15/h10-14,17H,6-9H2,1-5H3. The third-order valence-corrected chi connectivity index (χ3v) is 4.58. The quantitative estimate of drug-likeness (QED) is 0.684. The molecule has 1 aromatic carbocycles. The van der Waals surface area contributed by atoms with Gasteiger partial charge in [0.15, 0.2) is 0 Å². The fourth-order valence-electron chi connectivity index (χ4n) is 2.96. The average Bonchev–Trinajstić information content (AvgIpc) is 2.57. The zero-order valence-electron chi connectivity index (χ0n) is 15.4. The Morgan fingerprint density at radius 2 is 1.25 bits per heavy atom. The maximum atomic E-state index is 13.2. The lowest BCUT2D eigenvalue weighted by Gasteiger charge is -2.32. The minimum Gasteiger partial charge on any atom is -0.343 e. The summed E-state index contributed by atoms with van der Waals surface area (Å²) in [6.07, 6.45) is 0. The minimum absolute atomic E-state index is 0.159. The number of carbonyl (C=O) groups excluding carboxylic acids is 2. The summed E-state index contributed by atoms with van der Waals surface area (Å²) in [5.74, 6) is -1.74. The van der Waals surface area contributed by atoms with E-state index in [1.54, 1.807) is 21.9 Å². The van der Waals surface area contributed by atoms with E-state index in [0.29, 0.717) is 26.2 Å². The van der Waals surface area contributed by atoms with Gasteiger partial charge in [0.25, 0.3) is 0 Å². The van der Waals surface area contributed by atoms with Crippen LogP contribution in [0, 0.1) is 11.7 Å². The van der Waals surface area contributed by atoms with Crippen LogP contribution in [0.2, 0.25) is 0 Å². The molecule has 0 spiro atoms. The van der Waals surface area contributed by atoms with Crippen molar-refractivity contribution in [1.29, 1.82) is 0 Å². The fourth-order valence-corrected chi connectivity index (χ4v) is 2.96. The molecule has 0 saturated heterocycles. The van der Waals surface area contributed by atoms with Crippen molar-refractivity contribution in [2.24, 2.45) is 5.92 Å². The first-order chi connectivity index (χ1) is 11.4. The highest BCUT2D eigenvalue weighted by atomic mass is 19.1. The molecule has 0 saturated carbocycles. The van der Waals surface area contributed by atoms with Crippen LogP contribution in [0.15, 0.2) is 24.3 Å². The molecule has 0 bridgehead atoms. The molecule has 5 heteroatoms. The largest absolute Gasteiger partial charge is 0.343 e. The number of hydrogen-bond acceptors (Lipinski definition) is 2. The van der Waals surface area contributed by atoms with Crippen LogP contribution in [0.25, 0.3) is 0 Å². The number of rotatable bonds is 8. The third kappa shape index (κ3) is 4.56. The van der Waals surface area contributed by atoms with E-state index in [-0.39, 0.29) is 23.5 Å². The van der Waals surface area contributed by atoms with Crippen LogP contribution >= 0.6 is 0 Å². The zero-order chi connectivity index (χ0) is 18.3. The maximum Gasteiger partial charge on any atom is 0.235 e. The lowest BCUT2D eigenvalue weighted by atomic mass is 9.85. The van der Waals surface area contributed by atoms with Crippen LogP contribution in [0.1, 0.15) is 46.1 Å². The Labute approximate surface area is 144 Å². The summed E-state index contributed by atoms with van der Waals surface area (Å²) in [5.41, 5.74) is 0.794. The number of hydrogen-bond donors (Lipinski definition) is 0. The van der Waals surface area contributed by atoms with E-state index >= 15 is 0 Å². The molecule has 1 atom stereocenters. The van der Waals surface area contributed by atoms with Gasteiger partial charge in [-0.05, 0) is 45.4 Å². The maximum absolute atomic E-state index is 13.2. The minimum atomic E-state index is -0.782. The van der Waals surface area contributed by atoms with Gasteiger partial charge in [-0.1, -0.05) is 19.1 Å². The van der Waals surface area contributed by atoms with Crippen molar-refractivity contribution in [2.75, 3.05) is 26.2 Å². The summed E-state index contributed by atoms with van der Waals surface area (Å²) < 4.78 is 13.2. The molecular weight excluding hydrogens is 307 g/mol. The number of nitrogens with zero attached hydrogens (tertiary/aromatic N) is 2. The predicted octanol–water partition coefficient (Wildman–Crippen LogP) is 3.28. The van der Waals surface area contributed by atoms with Crippen molar-refractivity contribution in [3.63, 3.8) is 0 Å². The van der Waals surface area contributed by atoms with Crippen molar-refractivity contribution in [3.8, 4) is 0 Å². The van der Waals surface area contributed by atoms with Crippen LogP contribution in [0.3, 0.4) is 0 Å². The highest BCUT2D eigenvalue weighted by molar-refractivity contribution is 6.01. The zero-order valence-corrected chi connectivity index (χ0v) is 15.4. The molecule has 24 heavy (non-hydrogen) atoms. The molecule has 4 nitrogen and oxygen atoms in total. The molecule has 0 heterocycles. The number of amides is 2. The Hall–Kier alpha value is -1.91. The first-order valence-electron chi connectivity index (χ1n) is 8.74. The summed E-state index contributed by atoms with van der Waals surface area (Å²) >= 11 is 0. The molecule has 1 rings (SSSR count). The monoisotopic (exact) mass is 336 g/mol. The summed E-state index contributed by atoms with van der Waals surface area (Å²) in [4.78, 5) is 29.3. The van der Waals surface area contributed by atoms with Crippen molar-refractivity contribution >= 4 is 11.8 Å². The van der Waals surface area contributed by atoms with Gasteiger partial charge in [0, 0.05) is 32.1 Å². The third-order valence-electron chi connectivity index (χ3n) is 4.58. The van der Waals surface area contributed by atoms with Gasteiger partial charge in [-0.3, -0.25) is 9.59 Å². The lowest BCUT2D eigenvalue weighted by molar-refractivity contribution is -0.147. The molecule has 1 aromatic rings.